The summed E-state index contributed by atoms with van der Waals surface area (Å²) in [4.78, 5) is 13.5. The van der Waals surface area contributed by atoms with Gasteiger partial charge in [-0.25, -0.2) is 0 Å². The molecule has 0 aromatic carbocycles. The summed E-state index contributed by atoms with van der Waals surface area (Å²) >= 11 is 5.38. The lowest BCUT2D eigenvalue weighted by atomic mass is 9.90. The van der Waals surface area contributed by atoms with Crippen LogP contribution in [0.25, 0.3) is 0 Å². The van der Waals surface area contributed by atoms with Crippen molar-refractivity contribution >= 4 is 17.4 Å². The number of ketones is 1. The first-order chi connectivity index (χ1) is 7.24. The third-order valence-electron chi connectivity index (χ3n) is 3.89. The number of carbonyl (C=O) groups is 1. The van der Waals surface area contributed by atoms with E-state index in [-0.39, 0.29) is 5.54 Å². The number of carbonyl (C=O) groups excluding carboxylic acids is 1. The molecule has 3 saturated heterocycles. The van der Waals surface area contributed by atoms with Crippen LogP contribution in [0, 0.1) is 0 Å². The van der Waals surface area contributed by atoms with E-state index < -0.39 is 0 Å². The smallest absolute Gasteiger partial charge is 0.155 e. The molecule has 3 rings (SSSR count). The summed E-state index contributed by atoms with van der Waals surface area (Å²) in [6, 6.07) is 0.664. The highest BCUT2D eigenvalue weighted by Gasteiger charge is 2.69. The standard InChI is InChI=1S/C7H9NO.C5H11Cl/c9-6-3-5-1-2-7(6)4-8(5)7;1-2-3-4-5-6/h5H,1-4H2;2-5H2,1H3. The van der Waals surface area contributed by atoms with Gasteiger partial charge in [0.05, 0.1) is 5.54 Å². The number of nitrogens with zero attached hydrogens (tertiary/aromatic N) is 1. The van der Waals surface area contributed by atoms with Gasteiger partial charge in [-0.15, -0.1) is 11.6 Å². The highest BCUT2D eigenvalue weighted by molar-refractivity contribution is 6.17. The molecule has 0 aromatic heterocycles. The van der Waals surface area contributed by atoms with Gasteiger partial charge in [0.25, 0.3) is 0 Å². The Labute approximate surface area is 97.0 Å². The van der Waals surface area contributed by atoms with Crippen LogP contribution < -0.4 is 0 Å². The van der Waals surface area contributed by atoms with Crippen LogP contribution in [0.4, 0.5) is 0 Å². The highest BCUT2D eigenvalue weighted by Crippen LogP contribution is 2.54. The van der Waals surface area contributed by atoms with Gasteiger partial charge in [-0.2, -0.15) is 0 Å². The minimum Gasteiger partial charge on any atom is -0.297 e. The zero-order chi connectivity index (χ0) is 10.9. The first kappa shape index (κ1) is 11.4. The van der Waals surface area contributed by atoms with Crippen LogP contribution in [0.2, 0.25) is 0 Å². The van der Waals surface area contributed by atoms with Crippen molar-refractivity contribution in [3.8, 4) is 0 Å². The van der Waals surface area contributed by atoms with Gasteiger partial charge in [-0.3, -0.25) is 9.69 Å². The van der Waals surface area contributed by atoms with Gasteiger partial charge in [0.15, 0.2) is 5.78 Å². The van der Waals surface area contributed by atoms with E-state index in [1.54, 1.807) is 0 Å². The van der Waals surface area contributed by atoms with Crippen molar-refractivity contribution < 1.29 is 4.79 Å². The predicted molar refractivity (Wildman–Crippen MR) is 62.3 cm³/mol. The summed E-state index contributed by atoms with van der Waals surface area (Å²) in [5.74, 6) is 1.35. The van der Waals surface area contributed by atoms with Gasteiger partial charge in [0, 0.05) is 24.9 Å². The molecule has 2 nitrogen and oxygen atoms in total. The Morgan fingerprint density at radius 1 is 1.53 bits per heavy atom. The minimum atomic E-state index is 0.130. The lowest BCUT2D eigenvalue weighted by Crippen LogP contribution is -2.25. The SMILES string of the molecule is CCCCCCl.O=C1CC2CCC13CN23. The molecule has 3 atom stereocenters. The van der Waals surface area contributed by atoms with E-state index >= 15 is 0 Å². The zero-order valence-electron chi connectivity index (χ0n) is 9.47. The lowest BCUT2D eigenvalue weighted by molar-refractivity contribution is -0.120. The lowest BCUT2D eigenvalue weighted by Gasteiger charge is -2.12. The van der Waals surface area contributed by atoms with Crippen LogP contribution in [-0.2, 0) is 4.79 Å². The van der Waals surface area contributed by atoms with Gasteiger partial charge in [0.2, 0.25) is 0 Å². The quantitative estimate of drug-likeness (QED) is 0.421. The Bertz CT molecular complexity index is 252. The largest absolute Gasteiger partial charge is 0.297 e. The Kier molecular flexibility index (Phi) is 3.36. The summed E-state index contributed by atoms with van der Waals surface area (Å²) in [6.45, 7) is 3.27. The summed E-state index contributed by atoms with van der Waals surface area (Å²) < 4.78 is 0. The van der Waals surface area contributed by atoms with Gasteiger partial charge in [-0.05, 0) is 19.3 Å². The number of rotatable bonds is 3. The van der Waals surface area contributed by atoms with Crippen LogP contribution >= 0.6 is 11.6 Å². The summed E-state index contributed by atoms with van der Waals surface area (Å²) in [5, 5.41) is 0. The molecule has 0 aliphatic carbocycles. The van der Waals surface area contributed by atoms with Crippen molar-refractivity contribution in [1.29, 1.82) is 0 Å². The topological polar surface area (TPSA) is 20.1 Å². The van der Waals surface area contributed by atoms with Crippen LogP contribution in [0.3, 0.4) is 0 Å². The van der Waals surface area contributed by atoms with Crippen LogP contribution in [0.5, 0.6) is 0 Å². The zero-order valence-corrected chi connectivity index (χ0v) is 10.2. The van der Waals surface area contributed by atoms with Crippen molar-refractivity contribution in [2.24, 2.45) is 0 Å². The van der Waals surface area contributed by atoms with E-state index in [1.807, 2.05) is 0 Å². The predicted octanol–water partition coefficient (Wildman–Crippen LogP) is 2.59. The number of hydrogen-bond acceptors (Lipinski definition) is 2. The Morgan fingerprint density at radius 2 is 2.33 bits per heavy atom. The second-order valence-electron chi connectivity index (χ2n) is 4.88. The molecule has 15 heavy (non-hydrogen) atoms. The second-order valence-corrected chi connectivity index (χ2v) is 5.25. The molecule has 0 amide bonds. The van der Waals surface area contributed by atoms with Gasteiger partial charge in [0.1, 0.15) is 0 Å². The maximum absolute atomic E-state index is 11.2. The molecule has 0 saturated carbocycles. The maximum atomic E-state index is 11.2. The normalized spacial score (nSPS) is 39.7. The monoisotopic (exact) mass is 229 g/mol. The van der Waals surface area contributed by atoms with Gasteiger partial charge >= 0.3 is 0 Å². The molecule has 0 N–H and O–H groups in total. The molecule has 86 valence electrons. The van der Waals surface area contributed by atoms with E-state index in [4.69, 9.17) is 11.6 Å². The van der Waals surface area contributed by atoms with Crippen molar-refractivity contribution in [1.82, 2.24) is 4.90 Å². The number of halogens is 1. The fraction of sp³-hybridized carbons (Fsp3) is 0.917. The maximum Gasteiger partial charge on any atom is 0.155 e. The van der Waals surface area contributed by atoms with Crippen molar-refractivity contribution in [3.63, 3.8) is 0 Å². The third-order valence-corrected chi connectivity index (χ3v) is 4.15. The molecule has 3 heterocycles. The number of unbranched alkanes of at least 4 members (excludes halogenated alkanes) is 2. The number of alkyl halides is 1. The first-order valence-electron chi connectivity index (χ1n) is 6.10. The molecule has 3 unspecified atom stereocenters. The second kappa shape index (κ2) is 4.42. The van der Waals surface area contributed by atoms with E-state index in [0.29, 0.717) is 11.8 Å². The Morgan fingerprint density at radius 3 is 2.53 bits per heavy atom. The molecular weight excluding hydrogens is 210 g/mol. The van der Waals surface area contributed by atoms with Crippen LogP contribution in [0.15, 0.2) is 0 Å². The van der Waals surface area contributed by atoms with Gasteiger partial charge < -0.3 is 0 Å². The minimum absolute atomic E-state index is 0.130. The molecule has 0 radical (unpaired) electrons. The Balaban J connectivity index is 0.000000127. The number of hydrogen-bond donors (Lipinski definition) is 0. The molecule has 0 spiro atoms. The number of piperidine rings is 2. The van der Waals surface area contributed by atoms with E-state index in [2.05, 4.69) is 11.8 Å². The van der Waals surface area contributed by atoms with Crippen LogP contribution in [-0.4, -0.2) is 34.7 Å². The molecule has 3 fully saturated rings. The summed E-state index contributed by atoms with van der Waals surface area (Å²) in [5.41, 5.74) is 0.130. The van der Waals surface area contributed by atoms with Crippen LogP contribution in [0.1, 0.15) is 45.4 Å². The molecule has 0 aromatic rings. The fourth-order valence-corrected chi connectivity index (χ4v) is 3.05. The fourth-order valence-electron chi connectivity index (χ4n) is 2.86. The highest BCUT2D eigenvalue weighted by atomic mass is 35.5. The third kappa shape index (κ3) is 1.94. The molecule has 3 heteroatoms. The van der Waals surface area contributed by atoms with Crippen molar-refractivity contribution in [2.45, 2.75) is 57.0 Å². The van der Waals surface area contributed by atoms with E-state index in [9.17, 15) is 4.79 Å². The van der Waals surface area contributed by atoms with E-state index in [1.165, 1.54) is 25.7 Å². The van der Waals surface area contributed by atoms with Crippen molar-refractivity contribution in [2.75, 3.05) is 12.4 Å². The summed E-state index contributed by atoms with van der Waals surface area (Å²) in [7, 11) is 0. The van der Waals surface area contributed by atoms with Crippen molar-refractivity contribution in [3.05, 3.63) is 0 Å². The average Bonchev–Trinajstić information content (AvgIpc) is 2.81. The van der Waals surface area contributed by atoms with E-state index in [0.717, 1.165) is 25.3 Å². The molecule has 3 aliphatic heterocycles. The van der Waals surface area contributed by atoms with Gasteiger partial charge in [-0.1, -0.05) is 19.8 Å². The molecular formula is C12H20ClNO. The average molecular weight is 230 g/mol. The number of Topliss-reactive ketones (excluding diaryl/α,β-unsaturated/α-hetero) is 1. The Hall–Kier alpha value is -0.0800. The molecule has 3 aliphatic rings. The molecule has 2 bridgehead atoms. The summed E-state index contributed by atoms with van der Waals surface area (Å²) in [6.07, 6.45) is 7.04. The first-order valence-corrected chi connectivity index (χ1v) is 6.64.